The highest BCUT2D eigenvalue weighted by Crippen LogP contribution is 2.31. The molecule has 0 radical (unpaired) electrons. The maximum atomic E-state index is 13.0. The molecule has 4 rings (SSSR count). The van der Waals surface area contributed by atoms with Crippen LogP contribution in [0.2, 0.25) is 0 Å². The average Bonchev–Trinajstić information content (AvgIpc) is 3.10. The molecule has 0 bridgehead atoms. The van der Waals surface area contributed by atoms with Crippen LogP contribution >= 0.6 is 0 Å². The van der Waals surface area contributed by atoms with Gasteiger partial charge in [-0.3, -0.25) is 9.59 Å². The number of rotatable bonds is 2. The van der Waals surface area contributed by atoms with Crippen molar-refractivity contribution in [2.75, 3.05) is 0 Å². The van der Waals surface area contributed by atoms with Crippen molar-refractivity contribution >= 4 is 11.8 Å². The summed E-state index contributed by atoms with van der Waals surface area (Å²) in [6.45, 7) is 2.02. The van der Waals surface area contributed by atoms with Gasteiger partial charge in [0.15, 0.2) is 0 Å². The molecule has 1 aromatic heterocycles. The Hall–Kier alpha value is -2.56. The number of hydrogen-bond acceptors (Lipinski definition) is 3. The van der Waals surface area contributed by atoms with Gasteiger partial charge < -0.3 is 14.6 Å². The van der Waals surface area contributed by atoms with Crippen LogP contribution in [0.15, 0.2) is 41.0 Å². The Labute approximate surface area is 147 Å². The zero-order chi connectivity index (χ0) is 17.4. The third-order valence-electron chi connectivity index (χ3n) is 5.32. The number of amides is 2. The van der Waals surface area contributed by atoms with Crippen molar-refractivity contribution in [3.63, 3.8) is 0 Å². The molecule has 1 aromatic carbocycles. The number of benzene rings is 1. The van der Waals surface area contributed by atoms with E-state index in [1.807, 2.05) is 30.3 Å². The van der Waals surface area contributed by atoms with Crippen LogP contribution in [0.25, 0.3) is 0 Å². The number of hydrogen-bond donors (Lipinski definition) is 1. The molecule has 2 aromatic rings. The van der Waals surface area contributed by atoms with E-state index in [1.54, 1.807) is 11.2 Å². The molecule has 0 saturated carbocycles. The zero-order valence-corrected chi connectivity index (χ0v) is 14.3. The van der Waals surface area contributed by atoms with Crippen molar-refractivity contribution in [1.29, 1.82) is 0 Å². The van der Waals surface area contributed by atoms with Gasteiger partial charge in [-0.1, -0.05) is 24.3 Å². The van der Waals surface area contributed by atoms with Gasteiger partial charge in [-0.15, -0.1) is 0 Å². The van der Waals surface area contributed by atoms with Crippen LogP contribution in [-0.2, 0) is 29.0 Å². The van der Waals surface area contributed by atoms with Gasteiger partial charge in [-0.2, -0.15) is 0 Å². The van der Waals surface area contributed by atoms with Crippen LogP contribution in [0.5, 0.6) is 0 Å². The molecule has 25 heavy (non-hydrogen) atoms. The van der Waals surface area contributed by atoms with E-state index >= 15 is 0 Å². The fourth-order valence-corrected chi connectivity index (χ4v) is 3.99. The van der Waals surface area contributed by atoms with Crippen molar-refractivity contribution in [2.45, 2.75) is 51.2 Å². The van der Waals surface area contributed by atoms with Crippen molar-refractivity contribution in [3.05, 3.63) is 59.0 Å². The quantitative estimate of drug-likeness (QED) is 0.916. The summed E-state index contributed by atoms with van der Waals surface area (Å²) in [6, 6.07) is 9.49. The summed E-state index contributed by atoms with van der Waals surface area (Å²) >= 11 is 0. The van der Waals surface area contributed by atoms with E-state index in [4.69, 9.17) is 4.42 Å². The van der Waals surface area contributed by atoms with Crippen LogP contribution in [0.1, 0.15) is 48.3 Å². The maximum Gasteiger partial charge on any atom is 0.243 e. The number of carbonyl (C=O) groups excluding carboxylic acids is 2. The lowest BCUT2D eigenvalue weighted by molar-refractivity contribution is -0.140. The molecule has 2 aliphatic rings. The lowest BCUT2D eigenvalue weighted by Gasteiger charge is -2.36. The first kappa shape index (κ1) is 15.9. The van der Waals surface area contributed by atoms with Crippen LogP contribution in [0.3, 0.4) is 0 Å². The van der Waals surface area contributed by atoms with E-state index in [9.17, 15) is 9.59 Å². The van der Waals surface area contributed by atoms with E-state index in [0.717, 1.165) is 41.7 Å². The van der Waals surface area contributed by atoms with E-state index < -0.39 is 6.04 Å². The smallest absolute Gasteiger partial charge is 0.243 e. The van der Waals surface area contributed by atoms with E-state index in [1.165, 1.54) is 6.92 Å². The second-order valence-corrected chi connectivity index (χ2v) is 6.89. The van der Waals surface area contributed by atoms with Gasteiger partial charge in [0.25, 0.3) is 0 Å². The summed E-state index contributed by atoms with van der Waals surface area (Å²) in [5.74, 6) is 0.819. The molecule has 0 fully saturated rings. The largest absolute Gasteiger partial charge is 0.469 e. The molecule has 1 N–H and O–H groups in total. The van der Waals surface area contributed by atoms with Gasteiger partial charge in [-0.25, -0.2) is 0 Å². The molecule has 2 unspecified atom stereocenters. The molecule has 5 nitrogen and oxygen atoms in total. The Bertz CT molecular complexity index is 811. The van der Waals surface area contributed by atoms with Gasteiger partial charge in [-0.05, 0) is 30.0 Å². The highest BCUT2D eigenvalue weighted by Gasteiger charge is 2.35. The average molecular weight is 338 g/mol. The molecule has 130 valence electrons. The standard InChI is InChI=1S/C20H22N2O3/c1-13(23)22-12-15-6-3-2-5-14(15)11-18(22)20(24)21-17-7-4-8-19-16(17)9-10-25-19/h2-3,5-6,9-10,17-18H,4,7-8,11-12H2,1H3,(H,21,24). The van der Waals surface area contributed by atoms with Crippen LogP contribution < -0.4 is 5.32 Å². The minimum absolute atomic E-state index is 0.0269. The monoisotopic (exact) mass is 338 g/mol. The summed E-state index contributed by atoms with van der Waals surface area (Å²) in [5.41, 5.74) is 3.34. The lowest BCUT2D eigenvalue weighted by atomic mass is 9.91. The predicted molar refractivity (Wildman–Crippen MR) is 92.7 cm³/mol. The number of fused-ring (bicyclic) bond motifs is 2. The summed E-state index contributed by atoms with van der Waals surface area (Å²) in [5, 5.41) is 3.15. The molecule has 0 spiro atoms. The molecule has 1 aliphatic heterocycles. The Morgan fingerprint density at radius 2 is 2.00 bits per heavy atom. The van der Waals surface area contributed by atoms with E-state index in [-0.39, 0.29) is 17.9 Å². The summed E-state index contributed by atoms with van der Waals surface area (Å²) in [7, 11) is 0. The molecule has 2 atom stereocenters. The summed E-state index contributed by atoms with van der Waals surface area (Å²) in [4.78, 5) is 26.8. The number of carbonyl (C=O) groups is 2. The Morgan fingerprint density at radius 3 is 2.80 bits per heavy atom. The van der Waals surface area contributed by atoms with Crippen molar-refractivity contribution < 1.29 is 14.0 Å². The van der Waals surface area contributed by atoms with Gasteiger partial charge >= 0.3 is 0 Å². The SMILES string of the molecule is CC(=O)N1Cc2ccccc2CC1C(=O)NC1CCCc2occc21. The van der Waals surface area contributed by atoms with Gasteiger partial charge in [0, 0.05) is 31.9 Å². The molecule has 2 heterocycles. The van der Waals surface area contributed by atoms with Gasteiger partial charge in [0.2, 0.25) is 11.8 Å². The molecule has 1 aliphatic carbocycles. The molecular formula is C20H22N2O3. The van der Waals surface area contributed by atoms with Gasteiger partial charge in [0.1, 0.15) is 11.8 Å². The topological polar surface area (TPSA) is 62.6 Å². The van der Waals surface area contributed by atoms with Crippen molar-refractivity contribution in [2.24, 2.45) is 0 Å². The molecule has 0 saturated heterocycles. The highest BCUT2D eigenvalue weighted by atomic mass is 16.3. The molecule has 2 amide bonds. The number of aryl methyl sites for hydroxylation is 1. The number of nitrogens with zero attached hydrogens (tertiary/aromatic N) is 1. The fourth-order valence-electron chi connectivity index (χ4n) is 3.99. The third-order valence-corrected chi connectivity index (χ3v) is 5.32. The first-order valence-corrected chi connectivity index (χ1v) is 8.84. The van der Waals surface area contributed by atoms with E-state index in [0.29, 0.717) is 13.0 Å². The highest BCUT2D eigenvalue weighted by molar-refractivity contribution is 5.88. The first-order chi connectivity index (χ1) is 12.1. The van der Waals surface area contributed by atoms with Crippen molar-refractivity contribution in [1.82, 2.24) is 10.2 Å². The summed E-state index contributed by atoms with van der Waals surface area (Å²) in [6.07, 6.45) is 5.07. The fraction of sp³-hybridized carbons (Fsp3) is 0.400. The van der Waals surface area contributed by atoms with Crippen LogP contribution in [-0.4, -0.2) is 22.8 Å². The zero-order valence-electron chi connectivity index (χ0n) is 14.3. The van der Waals surface area contributed by atoms with Crippen molar-refractivity contribution in [3.8, 4) is 0 Å². The van der Waals surface area contributed by atoms with Gasteiger partial charge in [0.05, 0.1) is 12.3 Å². The Kier molecular flexibility index (Phi) is 4.07. The Morgan fingerprint density at radius 1 is 1.20 bits per heavy atom. The number of furan rings is 1. The summed E-state index contributed by atoms with van der Waals surface area (Å²) < 4.78 is 5.50. The number of nitrogens with one attached hydrogen (secondary N) is 1. The molecular weight excluding hydrogens is 316 g/mol. The Balaban J connectivity index is 1.56. The minimum atomic E-state index is -0.454. The predicted octanol–water partition coefficient (Wildman–Crippen LogP) is 2.75. The second-order valence-electron chi connectivity index (χ2n) is 6.89. The molecule has 5 heteroatoms. The van der Waals surface area contributed by atoms with Crippen LogP contribution in [0.4, 0.5) is 0 Å². The minimum Gasteiger partial charge on any atom is -0.469 e. The lowest BCUT2D eigenvalue weighted by Crippen LogP contribution is -2.52. The second kappa shape index (κ2) is 6.39. The maximum absolute atomic E-state index is 13.0. The third kappa shape index (κ3) is 2.95. The first-order valence-electron chi connectivity index (χ1n) is 8.84. The van der Waals surface area contributed by atoms with E-state index in [2.05, 4.69) is 5.32 Å². The normalized spacial score (nSPS) is 22.0. The van der Waals surface area contributed by atoms with Crippen LogP contribution in [0, 0.1) is 0 Å².